The van der Waals surface area contributed by atoms with E-state index in [1.165, 1.54) is 0 Å². The molecule has 2 rings (SSSR count). The van der Waals surface area contributed by atoms with Gasteiger partial charge in [-0.15, -0.1) is 0 Å². The number of carbonyl (C=O) groups excluding carboxylic acids is 1. The van der Waals surface area contributed by atoms with Crippen LogP contribution >= 0.6 is 0 Å². The van der Waals surface area contributed by atoms with Crippen molar-refractivity contribution >= 4 is 21.7 Å². The molecule has 6 nitrogen and oxygen atoms in total. The number of nitrogens with zero attached hydrogens (tertiary/aromatic N) is 1. The summed E-state index contributed by atoms with van der Waals surface area (Å²) in [6.45, 7) is -1.29. The minimum atomic E-state index is -4.96. The van der Waals surface area contributed by atoms with Crippen LogP contribution in [0.4, 0.5) is 13.2 Å². The van der Waals surface area contributed by atoms with Crippen molar-refractivity contribution in [3.05, 3.63) is 0 Å². The minimum Gasteiger partial charge on any atom is -0.481 e. The molecule has 2 aliphatic heterocycles. The molecular weight excluding hydrogens is 315 g/mol. The van der Waals surface area contributed by atoms with Crippen molar-refractivity contribution in [1.82, 2.24) is 4.90 Å². The summed E-state index contributed by atoms with van der Waals surface area (Å²) in [6, 6.07) is 0. The lowest BCUT2D eigenvalue weighted by Crippen LogP contribution is -2.48. The summed E-state index contributed by atoms with van der Waals surface area (Å²) in [4.78, 5) is 23.9. The summed E-state index contributed by atoms with van der Waals surface area (Å²) in [5, 5.41) is 8.89. The van der Waals surface area contributed by atoms with Crippen LogP contribution in [0, 0.1) is 11.3 Å². The molecule has 0 spiro atoms. The van der Waals surface area contributed by atoms with E-state index in [2.05, 4.69) is 0 Å². The fraction of sp³-hybridized carbons (Fsp3) is 0.818. The standard InChI is InChI=1S/C11H14F3NO5S/c12-11(13,14)10(9(17)18)2-3-15(6-10)8(16)7-1-4-21(19,20)5-7/h7H,1-6H2,(H,17,18). The van der Waals surface area contributed by atoms with Gasteiger partial charge in [0.1, 0.15) is 0 Å². The van der Waals surface area contributed by atoms with Gasteiger partial charge in [-0.3, -0.25) is 9.59 Å². The molecule has 120 valence electrons. The van der Waals surface area contributed by atoms with Crippen LogP contribution in [0.3, 0.4) is 0 Å². The molecule has 0 saturated carbocycles. The summed E-state index contributed by atoms with van der Waals surface area (Å²) < 4.78 is 61.6. The molecule has 2 aliphatic rings. The molecule has 1 amide bonds. The fourth-order valence-electron chi connectivity index (χ4n) is 2.77. The molecule has 0 aliphatic carbocycles. The third kappa shape index (κ3) is 2.72. The smallest absolute Gasteiger partial charge is 0.406 e. The Morgan fingerprint density at radius 3 is 2.29 bits per heavy atom. The first-order chi connectivity index (χ1) is 9.48. The van der Waals surface area contributed by atoms with Gasteiger partial charge in [0.25, 0.3) is 0 Å². The Bertz CT molecular complexity index is 573. The van der Waals surface area contributed by atoms with Gasteiger partial charge in [0.15, 0.2) is 15.3 Å². The second-order valence-electron chi connectivity index (χ2n) is 5.49. The Labute approximate surface area is 118 Å². The Morgan fingerprint density at radius 2 is 1.90 bits per heavy atom. The van der Waals surface area contributed by atoms with Crippen LogP contribution in [0.1, 0.15) is 12.8 Å². The van der Waals surface area contributed by atoms with Gasteiger partial charge in [0.2, 0.25) is 5.91 Å². The molecule has 2 fully saturated rings. The SMILES string of the molecule is O=C(C1CCS(=O)(=O)C1)N1CCC(C(=O)O)(C(F)(F)F)C1. The lowest BCUT2D eigenvalue weighted by atomic mass is 9.86. The minimum absolute atomic E-state index is 0.0732. The van der Waals surface area contributed by atoms with Crippen LogP contribution in [0.5, 0.6) is 0 Å². The molecule has 2 atom stereocenters. The van der Waals surface area contributed by atoms with E-state index >= 15 is 0 Å². The van der Waals surface area contributed by atoms with Crippen LogP contribution in [0.15, 0.2) is 0 Å². The van der Waals surface area contributed by atoms with E-state index in [-0.39, 0.29) is 24.5 Å². The van der Waals surface area contributed by atoms with E-state index in [0.717, 1.165) is 4.90 Å². The highest BCUT2D eigenvalue weighted by Gasteiger charge is 2.64. The van der Waals surface area contributed by atoms with Crippen LogP contribution in [-0.2, 0) is 19.4 Å². The maximum absolute atomic E-state index is 13.0. The second-order valence-corrected chi connectivity index (χ2v) is 7.72. The summed E-state index contributed by atoms with van der Waals surface area (Å²) in [5.41, 5.74) is -2.96. The molecule has 2 heterocycles. The Hall–Kier alpha value is -1.32. The molecule has 10 heteroatoms. The van der Waals surface area contributed by atoms with Gasteiger partial charge in [-0.2, -0.15) is 13.2 Å². The number of sulfone groups is 1. The van der Waals surface area contributed by atoms with E-state index < -0.39 is 52.2 Å². The van der Waals surface area contributed by atoms with E-state index in [1.807, 2.05) is 0 Å². The fourth-order valence-corrected chi connectivity index (χ4v) is 4.51. The van der Waals surface area contributed by atoms with Gasteiger partial charge in [-0.05, 0) is 12.8 Å². The average molecular weight is 329 g/mol. The molecule has 21 heavy (non-hydrogen) atoms. The van der Waals surface area contributed by atoms with Gasteiger partial charge in [0.05, 0.1) is 17.4 Å². The van der Waals surface area contributed by atoms with Gasteiger partial charge >= 0.3 is 12.1 Å². The Balaban J connectivity index is 2.15. The number of amides is 1. The number of hydrogen-bond donors (Lipinski definition) is 1. The van der Waals surface area contributed by atoms with Gasteiger partial charge in [0, 0.05) is 13.1 Å². The summed E-state index contributed by atoms with van der Waals surface area (Å²) in [5.74, 6) is -4.13. The van der Waals surface area contributed by atoms with Crippen molar-refractivity contribution in [3.63, 3.8) is 0 Å². The molecule has 0 bridgehead atoms. The average Bonchev–Trinajstić information content (AvgIpc) is 2.91. The maximum Gasteiger partial charge on any atom is 0.406 e. The summed E-state index contributed by atoms with van der Waals surface area (Å²) in [6.07, 6.45) is -5.60. The zero-order valence-corrected chi connectivity index (χ0v) is 11.7. The number of aliphatic carboxylic acids is 1. The van der Waals surface area contributed by atoms with Crippen molar-refractivity contribution in [3.8, 4) is 0 Å². The van der Waals surface area contributed by atoms with E-state index in [1.54, 1.807) is 0 Å². The zero-order chi connectivity index (χ0) is 16.1. The topological polar surface area (TPSA) is 91.8 Å². The van der Waals surface area contributed by atoms with Crippen molar-refractivity contribution in [2.75, 3.05) is 24.6 Å². The molecule has 2 saturated heterocycles. The number of carboxylic acids is 1. The highest BCUT2D eigenvalue weighted by atomic mass is 32.2. The first-order valence-electron chi connectivity index (χ1n) is 6.28. The van der Waals surface area contributed by atoms with Gasteiger partial charge in [-0.1, -0.05) is 0 Å². The van der Waals surface area contributed by atoms with Crippen LogP contribution in [0.25, 0.3) is 0 Å². The normalized spacial score (nSPS) is 32.3. The van der Waals surface area contributed by atoms with Gasteiger partial charge in [-0.25, -0.2) is 8.42 Å². The van der Waals surface area contributed by atoms with Crippen molar-refractivity contribution in [2.24, 2.45) is 11.3 Å². The number of carboxylic acid groups (broad SMARTS) is 1. The number of alkyl halides is 3. The largest absolute Gasteiger partial charge is 0.481 e. The summed E-state index contributed by atoms with van der Waals surface area (Å²) in [7, 11) is -3.33. The highest BCUT2D eigenvalue weighted by Crippen LogP contribution is 2.46. The molecule has 0 radical (unpaired) electrons. The first kappa shape index (κ1) is 16.1. The van der Waals surface area contributed by atoms with Crippen LogP contribution in [-0.4, -0.2) is 61.1 Å². The van der Waals surface area contributed by atoms with Crippen LogP contribution < -0.4 is 0 Å². The number of halogens is 3. The zero-order valence-electron chi connectivity index (χ0n) is 10.9. The Morgan fingerprint density at radius 1 is 1.29 bits per heavy atom. The monoisotopic (exact) mass is 329 g/mol. The highest BCUT2D eigenvalue weighted by molar-refractivity contribution is 7.91. The van der Waals surface area contributed by atoms with Gasteiger partial charge < -0.3 is 10.0 Å². The molecule has 0 aromatic carbocycles. The number of likely N-dealkylation sites (tertiary alicyclic amines) is 1. The Kier molecular flexibility index (Phi) is 3.71. The number of carbonyl (C=O) groups is 2. The van der Waals surface area contributed by atoms with E-state index in [9.17, 15) is 31.2 Å². The third-order valence-electron chi connectivity index (χ3n) is 4.11. The summed E-state index contributed by atoms with van der Waals surface area (Å²) >= 11 is 0. The molecule has 0 aromatic heterocycles. The second kappa shape index (κ2) is 4.85. The number of rotatable bonds is 2. The lowest BCUT2D eigenvalue weighted by Gasteiger charge is -2.27. The van der Waals surface area contributed by atoms with Crippen molar-refractivity contribution < 1.29 is 36.3 Å². The molecular formula is C11H14F3NO5S. The molecule has 1 N–H and O–H groups in total. The molecule has 2 unspecified atom stereocenters. The quantitative estimate of drug-likeness (QED) is 0.786. The van der Waals surface area contributed by atoms with E-state index in [0.29, 0.717) is 0 Å². The molecule has 0 aromatic rings. The predicted octanol–water partition coefficient (Wildman–Crippen LogP) is 0.287. The maximum atomic E-state index is 13.0. The third-order valence-corrected chi connectivity index (χ3v) is 5.88. The van der Waals surface area contributed by atoms with Crippen LogP contribution in [0.2, 0.25) is 0 Å². The number of hydrogen-bond acceptors (Lipinski definition) is 4. The first-order valence-corrected chi connectivity index (χ1v) is 8.10. The predicted molar refractivity (Wildman–Crippen MR) is 64.1 cm³/mol. The van der Waals surface area contributed by atoms with Crippen molar-refractivity contribution in [2.45, 2.75) is 19.0 Å². The lowest BCUT2D eigenvalue weighted by molar-refractivity contribution is -0.227. The van der Waals surface area contributed by atoms with Crippen molar-refractivity contribution in [1.29, 1.82) is 0 Å². The van der Waals surface area contributed by atoms with E-state index in [4.69, 9.17) is 5.11 Å².